The van der Waals surface area contributed by atoms with E-state index in [-0.39, 0.29) is 11.9 Å². The topological polar surface area (TPSA) is 24.9 Å². The molecule has 0 amide bonds. The fourth-order valence-corrected chi connectivity index (χ4v) is 3.42. The maximum atomic E-state index is 13.6. The molecule has 0 saturated heterocycles. The van der Waals surface area contributed by atoms with Crippen LogP contribution in [0.4, 0.5) is 4.39 Å². The smallest absolute Gasteiger partial charge is 0.123 e. The summed E-state index contributed by atoms with van der Waals surface area (Å²) in [5.74, 6) is -0.230. The van der Waals surface area contributed by atoms with Crippen molar-refractivity contribution < 1.29 is 4.39 Å². The molecule has 112 valence electrons. The van der Waals surface area contributed by atoms with Crippen molar-refractivity contribution in [2.24, 2.45) is 0 Å². The summed E-state index contributed by atoms with van der Waals surface area (Å²) in [4.78, 5) is 4.50. The Balaban J connectivity index is 2.49. The van der Waals surface area contributed by atoms with Crippen LogP contribution in [0.2, 0.25) is 0 Å². The highest BCUT2D eigenvalue weighted by Crippen LogP contribution is 2.30. The molecule has 0 aliphatic heterocycles. The van der Waals surface area contributed by atoms with E-state index in [0.29, 0.717) is 0 Å². The van der Waals surface area contributed by atoms with Gasteiger partial charge >= 0.3 is 0 Å². The third-order valence-corrected chi connectivity index (χ3v) is 4.33. The Bertz CT molecular complexity index is 632. The van der Waals surface area contributed by atoms with Gasteiger partial charge in [-0.2, -0.15) is 0 Å². The molecule has 21 heavy (non-hydrogen) atoms. The Morgan fingerprint density at radius 1 is 1.29 bits per heavy atom. The predicted octanol–water partition coefficient (Wildman–Crippen LogP) is 5.14. The summed E-state index contributed by atoms with van der Waals surface area (Å²) in [5.41, 5.74) is 2.82. The van der Waals surface area contributed by atoms with Gasteiger partial charge in [0, 0.05) is 15.1 Å². The van der Waals surface area contributed by atoms with Gasteiger partial charge in [-0.15, -0.1) is 0 Å². The highest BCUT2D eigenvalue weighted by Gasteiger charge is 2.20. The first-order chi connectivity index (χ1) is 10.0. The summed E-state index contributed by atoms with van der Waals surface area (Å²) < 4.78 is 15.4. The van der Waals surface area contributed by atoms with E-state index in [1.807, 2.05) is 13.0 Å². The molecule has 2 aromatic rings. The van der Waals surface area contributed by atoms with Crippen LogP contribution >= 0.6 is 31.9 Å². The van der Waals surface area contributed by atoms with E-state index in [0.717, 1.165) is 38.7 Å². The number of nitrogens with one attached hydrogen (secondary N) is 1. The standard InChI is InChI=1S/C16H17Br2FN2/c1-3-6-20-15(13-8-12(19)5-4-10(13)2)16-14(18)7-11(17)9-21-16/h4-5,7-9,15,20H,3,6H2,1-2H3. The van der Waals surface area contributed by atoms with Gasteiger partial charge in [-0.1, -0.05) is 13.0 Å². The van der Waals surface area contributed by atoms with Crippen molar-refractivity contribution >= 4 is 31.9 Å². The maximum absolute atomic E-state index is 13.6. The van der Waals surface area contributed by atoms with Crippen molar-refractivity contribution in [1.82, 2.24) is 10.3 Å². The molecular formula is C16H17Br2FN2. The number of benzene rings is 1. The Hall–Kier alpha value is -0.780. The van der Waals surface area contributed by atoms with Gasteiger partial charge in [-0.3, -0.25) is 4.98 Å². The summed E-state index contributed by atoms with van der Waals surface area (Å²) in [6.07, 6.45) is 2.76. The van der Waals surface area contributed by atoms with E-state index in [2.05, 4.69) is 49.1 Å². The van der Waals surface area contributed by atoms with Gasteiger partial charge in [0.2, 0.25) is 0 Å². The van der Waals surface area contributed by atoms with E-state index in [4.69, 9.17) is 0 Å². The third kappa shape index (κ3) is 4.11. The molecule has 2 rings (SSSR count). The number of halogens is 3. The second-order valence-corrected chi connectivity index (χ2v) is 6.68. The number of nitrogens with zero attached hydrogens (tertiary/aromatic N) is 1. The minimum Gasteiger partial charge on any atom is -0.305 e. The fraction of sp³-hybridized carbons (Fsp3) is 0.312. The molecule has 0 spiro atoms. The normalized spacial score (nSPS) is 12.4. The van der Waals surface area contributed by atoms with Crippen molar-refractivity contribution in [3.63, 3.8) is 0 Å². The SMILES string of the molecule is CCCNC(c1cc(F)ccc1C)c1ncc(Br)cc1Br. The molecule has 0 aliphatic carbocycles. The first-order valence-electron chi connectivity index (χ1n) is 6.83. The first kappa shape index (κ1) is 16.6. The van der Waals surface area contributed by atoms with Crippen LogP contribution in [0.5, 0.6) is 0 Å². The number of aromatic nitrogens is 1. The minimum absolute atomic E-state index is 0.136. The summed E-state index contributed by atoms with van der Waals surface area (Å²) in [6.45, 7) is 4.93. The highest BCUT2D eigenvalue weighted by atomic mass is 79.9. The van der Waals surface area contributed by atoms with Crippen molar-refractivity contribution in [1.29, 1.82) is 0 Å². The summed E-state index contributed by atoms with van der Waals surface area (Å²) >= 11 is 6.96. The minimum atomic E-state index is -0.230. The molecular weight excluding hydrogens is 399 g/mol. The van der Waals surface area contributed by atoms with E-state index in [9.17, 15) is 4.39 Å². The average Bonchev–Trinajstić information content (AvgIpc) is 2.44. The molecule has 1 aromatic heterocycles. The zero-order chi connectivity index (χ0) is 15.4. The van der Waals surface area contributed by atoms with Gasteiger partial charge in [0.05, 0.1) is 11.7 Å². The Labute approximate surface area is 141 Å². The number of rotatable bonds is 5. The second-order valence-electron chi connectivity index (χ2n) is 4.91. The Morgan fingerprint density at radius 3 is 2.71 bits per heavy atom. The molecule has 1 heterocycles. The van der Waals surface area contributed by atoms with Crippen LogP contribution in [0, 0.1) is 12.7 Å². The van der Waals surface area contributed by atoms with Crippen LogP contribution in [-0.2, 0) is 0 Å². The lowest BCUT2D eigenvalue weighted by Gasteiger charge is -2.22. The average molecular weight is 416 g/mol. The van der Waals surface area contributed by atoms with E-state index in [1.54, 1.807) is 18.3 Å². The van der Waals surface area contributed by atoms with Crippen molar-refractivity contribution in [3.05, 3.63) is 62.0 Å². The largest absolute Gasteiger partial charge is 0.305 e. The molecule has 0 bridgehead atoms. The van der Waals surface area contributed by atoms with Crippen molar-refractivity contribution in [2.75, 3.05) is 6.54 Å². The van der Waals surface area contributed by atoms with Crippen LogP contribution in [-0.4, -0.2) is 11.5 Å². The van der Waals surface area contributed by atoms with E-state index < -0.39 is 0 Å². The van der Waals surface area contributed by atoms with Crippen LogP contribution in [0.3, 0.4) is 0 Å². The summed E-state index contributed by atoms with van der Waals surface area (Å²) in [5, 5.41) is 3.46. The third-order valence-electron chi connectivity index (χ3n) is 3.26. The quantitative estimate of drug-likeness (QED) is 0.730. The molecule has 1 unspecified atom stereocenters. The molecule has 0 fully saturated rings. The second kappa shape index (κ2) is 7.47. The Kier molecular flexibility index (Phi) is 5.90. The molecule has 1 atom stereocenters. The lowest BCUT2D eigenvalue weighted by Crippen LogP contribution is -2.25. The molecule has 1 aromatic carbocycles. The van der Waals surface area contributed by atoms with Gasteiger partial charge in [0.15, 0.2) is 0 Å². The summed E-state index contributed by atoms with van der Waals surface area (Å²) in [6, 6.07) is 6.69. The van der Waals surface area contributed by atoms with Crippen molar-refractivity contribution in [3.8, 4) is 0 Å². The van der Waals surface area contributed by atoms with Gasteiger partial charge in [-0.05, 0) is 81.1 Å². The zero-order valence-electron chi connectivity index (χ0n) is 12.0. The van der Waals surface area contributed by atoms with Gasteiger partial charge < -0.3 is 5.32 Å². The lowest BCUT2D eigenvalue weighted by atomic mass is 9.98. The molecule has 0 aliphatic rings. The zero-order valence-corrected chi connectivity index (χ0v) is 15.1. The summed E-state index contributed by atoms with van der Waals surface area (Å²) in [7, 11) is 0. The number of hydrogen-bond acceptors (Lipinski definition) is 2. The molecule has 0 saturated carbocycles. The molecule has 5 heteroatoms. The number of hydrogen-bond donors (Lipinski definition) is 1. The predicted molar refractivity (Wildman–Crippen MR) is 90.9 cm³/mol. The fourth-order valence-electron chi connectivity index (χ4n) is 2.20. The maximum Gasteiger partial charge on any atom is 0.123 e. The monoisotopic (exact) mass is 414 g/mol. The lowest BCUT2D eigenvalue weighted by molar-refractivity contribution is 0.571. The van der Waals surface area contributed by atoms with Gasteiger partial charge in [0.25, 0.3) is 0 Å². The molecule has 2 nitrogen and oxygen atoms in total. The first-order valence-corrected chi connectivity index (χ1v) is 8.42. The Morgan fingerprint density at radius 2 is 2.05 bits per heavy atom. The number of aryl methyl sites for hydroxylation is 1. The van der Waals surface area contributed by atoms with Gasteiger partial charge in [-0.25, -0.2) is 4.39 Å². The van der Waals surface area contributed by atoms with Crippen LogP contribution < -0.4 is 5.32 Å². The van der Waals surface area contributed by atoms with Crippen LogP contribution in [0.1, 0.15) is 36.2 Å². The molecule has 1 N–H and O–H groups in total. The van der Waals surface area contributed by atoms with Crippen molar-refractivity contribution in [2.45, 2.75) is 26.3 Å². The highest BCUT2D eigenvalue weighted by molar-refractivity contribution is 9.11. The van der Waals surface area contributed by atoms with Gasteiger partial charge in [0.1, 0.15) is 5.82 Å². The van der Waals surface area contributed by atoms with E-state index >= 15 is 0 Å². The molecule has 0 radical (unpaired) electrons. The van der Waals surface area contributed by atoms with E-state index in [1.165, 1.54) is 6.07 Å². The van der Waals surface area contributed by atoms with Crippen LogP contribution in [0.25, 0.3) is 0 Å². The number of pyridine rings is 1. The van der Waals surface area contributed by atoms with Crippen LogP contribution in [0.15, 0.2) is 39.4 Å².